The minimum atomic E-state index is 0.440. The molecule has 0 atom stereocenters. The quantitative estimate of drug-likeness (QED) is 0.748. The van der Waals surface area contributed by atoms with Gasteiger partial charge < -0.3 is 10.6 Å². The molecular weight excluding hydrogens is 298 g/mol. The Hall–Kier alpha value is -2.66. The lowest BCUT2D eigenvalue weighted by Gasteiger charge is -2.08. The molecule has 5 nitrogen and oxygen atoms in total. The smallest absolute Gasteiger partial charge is 0.249 e. The summed E-state index contributed by atoms with van der Waals surface area (Å²) >= 11 is 6.13. The topological polar surface area (TPSA) is 62.7 Å². The van der Waals surface area contributed by atoms with Crippen LogP contribution in [0.3, 0.4) is 0 Å². The molecule has 1 heterocycles. The van der Waals surface area contributed by atoms with E-state index in [1.807, 2.05) is 54.6 Å². The van der Waals surface area contributed by atoms with Crippen molar-refractivity contribution in [3.05, 3.63) is 71.4 Å². The van der Waals surface area contributed by atoms with Crippen LogP contribution in [-0.4, -0.2) is 15.2 Å². The van der Waals surface area contributed by atoms with Crippen LogP contribution in [0.4, 0.5) is 17.5 Å². The Kier molecular flexibility index (Phi) is 4.46. The van der Waals surface area contributed by atoms with E-state index in [0.717, 1.165) is 16.3 Å². The summed E-state index contributed by atoms with van der Waals surface area (Å²) in [7, 11) is 0. The normalized spacial score (nSPS) is 10.2. The van der Waals surface area contributed by atoms with Crippen LogP contribution in [-0.2, 0) is 6.54 Å². The highest BCUT2D eigenvalue weighted by atomic mass is 35.5. The largest absolute Gasteiger partial charge is 0.364 e. The van der Waals surface area contributed by atoms with Gasteiger partial charge in [0.1, 0.15) is 0 Å². The number of nitrogens with zero attached hydrogens (tertiary/aromatic N) is 3. The monoisotopic (exact) mass is 311 g/mol. The van der Waals surface area contributed by atoms with Crippen LogP contribution >= 0.6 is 11.6 Å². The van der Waals surface area contributed by atoms with Gasteiger partial charge in [0, 0.05) is 17.3 Å². The molecule has 2 N–H and O–H groups in total. The summed E-state index contributed by atoms with van der Waals surface area (Å²) in [6.45, 7) is 0.573. The highest BCUT2D eigenvalue weighted by Gasteiger charge is 2.03. The van der Waals surface area contributed by atoms with Crippen LogP contribution < -0.4 is 10.6 Å². The Morgan fingerprint density at radius 2 is 1.73 bits per heavy atom. The Morgan fingerprint density at radius 1 is 0.955 bits per heavy atom. The van der Waals surface area contributed by atoms with Crippen molar-refractivity contribution in [2.45, 2.75) is 6.54 Å². The second-order valence-corrected chi connectivity index (χ2v) is 5.01. The van der Waals surface area contributed by atoms with E-state index in [1.165, 1.54) is 0 Å². The third-order valence-corrected chi connectivity index (χ3v) is 3.38. The number of rotatable bonds is 5. The number of aromatic nitrogens is 3. The number of nitrogens with one attached hydrogen (secondary N) is 2. The molecular formula is C16H14ClN5. The van der Waals surface area contributed by atoms with Crippen LogP contribution in [0.15, 0.2) is 60.8 Å². The van der Waals surface area contributed by atoms with Crippen LogP contribution in [0.2, 0.25) is 5.02 Å². The standard InChI is InChI=1S/C16H14ClN5/c17-14-9-5-4-6-12(14)10-18-15-11-19-22-16(21-15)20-13-7-2-1-3-8-13/h1-9,11H,10H2,(H2,18,20,21,22). The average Bonchev–Trinajstić information content (AvgIpc) is 2.55. The van der Waals surface area contributed by atoms with Gasteiger partial charge in [-0.05, 0) is 23.8 Å². The molecule has 0 saturated heterocycles. The Bertz CT molecular complexity index is 748. The lowest BCUT2D eigenvalue weighted by Crippen LogP contribution is -2.05. The molecule has 1 aromatic heterocycles. The molecule has 0 saturated carbocycles. The summed E-state index contributed by atoms with van der Waals surface area (Å²) < 4.78 is 0. The fourth-order valence-electron chi connectivity index (χ4n) is 1.92. The van der Waals surface area contributed by atoms with Gasteiger partial charge in [-0.15, -0.1) is 5.10 Å². The number of benzene rings is 2. The van der Waals surface area contributed by atoms with Gasteiger partial charge in [-0.2, -0.15) is 10.1 Å². The van der Waals surface area contributed by atoms with E-state index >= 15 is 0 Å². The van der Waals surface area contributed by atoms with E-state index in [0.29, 0.717) is 18.3 Å². The van der Waals surface area contributed by atoms with Crippen LogP contribution in [0.25, 0.3) is 0 Å². The number of halogens is 1. The molecule has 110 valence electrons. The first kappa shape index (κ1) is 14.3. The Morgan fingerprint density at radius 3 is 2.55 bits per heavy atom. The summed E-state index contributed by atoms with van der Waals surface area (Å²) in [5.74, 6) is 1.07. The second-order valence-electron chi connectivity index (χ2n) is 4.60. The average molecular weight is 312 g/mol. The van der Waals surface area contributed by atoms with Crippen LogP contribution in [0.1, 0.15) is 5.56 Å². The zero-order chi connectivity index (χ0) is 15.2. The van der Waals surface area contributed by atoms with Gasteiger partial charge >= 0.3 is 0 Å². The van der Waals surface area contributed by atoms with E-state index in [4.69, 9.17) is 11.6 Å². The minimum absolute atomic E-state index is 0.440. The number of hydrogen-bond donors (Lipinski definition) is 2. The lowest BCUT2D eigenvalue weighted by molar-refractivity contribution is 0.966. The van der Waals surface area contributed by atoms with Gasteiger partial charge in [0.15, 0.2) is 5.82 Å². The summed E-state index contributed by atoms with van der Waals surface area (Å²) in [5, 5.41) is 14.9. The molecule has 3 rings (SSSR count). The van der Waals surface area contributed by atoms with Gasteiger partial charge in [-0.3, -0.25) is 0 Å². The molecule has 2 aromatic carbocycles. The van der Waals surface area contributed by atoms with Crippen molar-refractivity contribution in [2.24, 2.45) is 0 Å². The predicted molar refractivity (Wildman–Crippen MR) is 88.3 cm³/mol. The van der Waals surface area contributed by atoms with Crippen molar-refractivity contribution >= 4 is 29.1 Å². The molecule has 0 bridgehead atoms. The van der Waals surface area contributed by atoms with E-state index < -0.39 is 0 Å². The third kappa shape index (κ3) is 3.71. The first-order valence-electron chi connectivity index (χ1n) is 6.80. The highest BCUT2D eigenvalue weighted by Crippen LogP contribution is 2.17. The molecule has 0 aliphatic carbocycles. The fraction of sp³-hybridized carbons (Fsp3) is 0.0625. The minimum Gasteiger partial charge on any atom is -0.364 e. The molecule has 3 aromatic rings. The highest BCUT2D eigenvalue weighted by molar-refractivity contribution is 6.31. The summed E-state index contributed by atoms with van der Waals surface area (Å²) in [5.41, 5.74) is 1.91. The molecule has 0 fully saturated rings. The Balaban J connectivity index is 1.68. The molecule has 0 aliphatic rings. The van der Waals surface area contributed by atoms with Crippen molar-refractivity contribution in [1.29, 1.82) is 0 Å². The van der Waals surface area contributed by atoms with E-state index in [1.54, 1.807) is 6.20 Å². The fourth-order valence-corrected chi connectivity index (χ4v) is 2.12. The van der Waals surface area contributed by atoms with Crippen LogP contribution in [0.5, 0.6) is 0 Å². The zero-order valence-corrected chi connectivity index (χ0v) is 12.5. The molecule has 0 amide bonds. The van der Waals surface area contributed by atoms with E-state index in [-0.39, 0.29) is 0 Å². The summed E-state index contributed by atoms with van der Waals surface area (Å²) in [6, 6.07) is 17.4. The van der Waals surface area contributed by atoms with Crippen molar-refractivity contribution in [1.82, 2.24) is 15.2 Å². The molecule has 6 heteroatoms. The van der Waals surface area contributed by atoms with Gasteiger partial charge in [0.05, 0.1) is 6.20 Å². The number of anilines is 3. The predicted octanol–water partition coefficient (Wildman–Crippen LogP) is 3.88. The lowest BCUT2D eigenvalue weighted by atomic mass is 10.2. The molecule has 0 aliphatic heterocycles. The summed E-state index contributed by atoms with van der Waals surface area (Å²) in [6.07, 6.45) is 1.58. The van der Waals surface area contributed by atoms with Crippen molar-refractivity contribution in [3.63, 3.8) is 0 Å². The maximum atomic E-state index is 6.13. The maximum absolute atomic E-state index is 6.13. The van der Waals surface area contributed by atoms with E-state index in [2.05, 4.69) is 25.8 Å². The molecule has 0 radical (unpaired) electrons. The van der Waals surface area contributed by atoms with E-state index in [9.17, 15) is 0 Å². The molecule has 0 unspecified atom stereocenters. The zero-order valence-electron chi connectivity index (χ0n) is 11.7. The number of para-hydroxylation sites is 1. The first-order valence-corrected chi connectivity index (χ1v) is 7.18. The SMILES string of the molecule is Clc1ccccc1CNc1cnnc(Nc2ccccc2)n1. The maximum Gasteiger partial charge on any atom is 0.249 e. The second kappa shape index (κ2) is 6.87. The van der Waals surface area contributed by atoms with Crippen LogP contribution in [0, 0.1) is 0 Å². The third-order valence-electron chi connectivity index (χ3n) is 3.01. The van der Waals surface area contributed by atoms with Crippen molar-refractivity contribution in [3.8, 4) is 0 Å². The van der Waals surface area contributed by atoms with Crippen molar-refractivity contribution < 1.29 is 0 Å². The van der Waals surface area contributed by atoms with Gasteiger partial charge in [-0.1, -0.05) is 48.0 Å². The van der Waals surface area contributed by atoms with Gasteiger partial charge in [0.2, 0.25) is 5.95 Å². The molecule has 0 spiro atoms. The van der Waals surface area contributed by atoms with Crippen molar-refractivity contribution in [2.75, 3.05) is 10.6 Å². The number of hydrogen-bond acceptors (Lipinski definition) is 5. The molecule has 22 heavy (non-hydrogen) atoms. The Labute approximate surface area is 133 Å². The summed E-state index contributed by atoms with van der Waals surface area (Å²) in [4.78, 5) is 4.37. The van der Waals surface area contributed by atoms with Gasteiger partial charge in [0.25, 0.3) is 0 Å². The van der Waals surface area contributed by atoms with Gasteiger partial charge in [-0.25, -0.2) is 0 Å². The first-order chi connectivity index (χ1) is 10.8.